The van der Waals surface area contributed by atoms with Crippen molar-refractivity contribution >= 4 is 39.0 Å². The van der Waals surface area contributed by atoms with Crippen molar-refractivity contribution < 1.29 is 9.72 Å². The number of halogens is 2. The van der Waals surface area contributed by atoms with Crippen molar-refractivity contribution in [1.29, 1.82) is 0 Å². The molecule has 6 heteroatoms. The normalized spacial score (nSPS) is 12.2. The Morgan fingerprint density at radius 3 is 2.69 bits per heavy atom. The van der Waals surface area contributed by atoms with Crippen LogP contribution in [0.1, 0.15) is 22.8 Å². The van der Waals surface area contributed by atoms with E-state index in [4.69, 9.17) is 11.6 Å². The second-order valence-electron chi connectivity index (χ2n) is 3.17. The molecule has 1 aromatic rings. The third-order valence-electron chi connectivity index (χ3n) is 2.11. The number of nitro benzene ring substituents is 1. The molecule has 1 rings (SSSR count). The molecule has 1 unspecified atom stereocenters. The molecule has 0 bridgehead atoms. The van der Waals surface area contributed by atoms with Gasteiger partial charge in [0.05, 0.1) is 21.2 Å². The number of Topliss-reactive ketones (excluding diaryl/α,β-unsaturated/α-hetero) is 1. The Bertz CT molecular complexity index is 434. The molecule has 0 aliphatic rings. The van der Waals surface area contributed by atoms with Crippen molar-refractivity contribution in [1.82, 2.24) is 0 Å². The molecule has 0 aliphatic carbocycles. The summed E-state index contributed by atoms with van der Waals surface area (Å²) in [6.45, 7) is 1.67. The first-order valence-corrected chi connectivity index (χ1v) is 5.94. The molecular weight excluding hydrogens is 297 g/mol. The fourth-order valence-electron chi connectivity index (χ4n) is 1.33. The predicted molar refractivity (Wildman–Crippen MR) is 65.4 cm³/mol. The molecular formula is C10H9BrClNO3. The fraction of sp³-hybridized carbons (Fsp3) is 0.300. The number of carbonyl (C=O) groups is 1. The third kappa shape index (κ3) is 2.59. The number of carbonyl (C=O) groups excluding carboxylic acids is 1. The van der Waals surface area contributed by atoms with Crippen molar-refractivity contribution in [3.8, 4) is 0 Å². The zero-order valence-corrected chi connectivity index (χ0v) is 10.8. The van der Waals surface area contributed by atoms with Crippen molar-refractivity contribution in [3.05, 3.63) is 39.4 Å². The molecule has 0 saturated carbocycles. The maximum atomic E-state index is 11.8. The van der Waals surface area contributed by atoms with Crippen LogP contribution in [0.5, 0.6) is 0 Å². The van der Waals surface area contributed by atoms with Gasteiger partial charge in [-0.05, 0) is 6.92 Å². The maximum absolute atomic E-state index is 11.8. The molecule has 1 aromatic carbocycles. The lowest BCUT2D eigenvalue weighted by Crippen LogP contribution is -2.13. The summed E-state index contributed by atoms with van der Waals surface area (Å²) in [7, 11) is 0. The Balaban J connectivity index is 3.35. The first kappa shape index (κ1) is 13.1. The van der Waals surface area contributed by atoms with Gasteiger partial charge in [-0.2, -0.15) is 0 Å². The number of benzene rings is 1. The van der Waals surface area contributed by atoms with Gasteiger partial charge in [0.25, 0.3) is 5.69 Å². The topological polar surface area (TPSA) is 60.2 Å². The molecule has 4 nitrogen and oxygen atoms in total. The minimum Gasteiger partial charge on any atom is -0.293 e. The van der Waals surface area contributed by atoms with E-state index in [-0.39, 0.29) is 22.9 Å². The lowest BCUT2D eigenvalue weighted by Gasteiger charge is -2.07. The van der Waals surface area contributed by atoms with Crippen molar-refractivity contribution in [2.24, 2.45) is 0 Å². The smallest absolute Gasteiger partial charge is 0.274 e. The molecule has 0 aliphatic heterocycles. The number of nitrogens with zero attached hydrogens (tertiary/aromatic N) is 1. The second kappa shape index (κ2) is 5.41. The van der Waals surface area contributed by atoms with Crippen molar-refractivity contribution in [2.45, 2.75) is 17.6 Å². The summed E-state index contributed by atoms with van der Waals surface area (Å²) >= 11 is 8.80. The Labute approximate surface area is 106 Å². The molecule has 0 radical (unpaired) electrons. The average Bonchev–Trinajstić information content (AvgIpc) is 2.26. The lowest BCUT2D eigenvalue weighted by atomic mass is 10.0. The molecule has 16 heavy (non-hydrogen) atoms. The summed E-state index contributed by atoms with van der Waals surface area (Å²) in [5, 5.41) is 10.7. The van der Waals surface area contributed by atoms with Crippen LogP contribution < -0.4 is 0 Å². The van der Waals surface area contributed by atoms with Gasteiger partial charge < -0.3 is 0 Å². The fourth-order valence-corrected chi connectivity index (χ4v) is 1.86. The van der Waals surface area contributed by atoms with Gasteiger partial charge in [0.1, 0.15) is 0 Å². The highest BCUT2D eigenvalue weighted by molar-refractivity contribution is 9.10. The molecule has 0 spiro atoms. The number of alkyl halides is 2. The van der Waals surface area contributed by atoms with Gasteiger partial charge in [-0.3, -0.25) is 14.9 Å². The van der Waals surface area contributed by atoms with E-state index >= 15 is 0 Å². The summed E-state index contributed by atoms with van der Waals surface area (Å²) in [4.78, 5) is 21.6. The number of rotatable bonds is 4. The van der Waals surface area contributed by atoms with Crippen LogP contribution in [0.15, 0.2) is 18.2 Å². The van der Waals surface area contributed by atoms with Crippen molar-refractivity contribution in [2.75, 3.05) is 0 Å². The van der Waals surface area contributed by atoms with E-state index in [1.807, 2.05) is 0 Å². The average molecular weight is 307 g/mol. The summed E-state index contributed by atoms with van der Waals surface area (Å²) in [5.74, 6) is -0.267. The molecule has 0 heterocycles. The van der Waals surface area contributed by atoms with E-state index in [0.717, 1.165) is 0 Å². The molecule has 0 saturated heterocycles. The van der Waals surface area contributed by atoms with Crippen molar-refractivity contribution in [3.63, 3.8) is 0 Å². The van der Waals surface area contributed by atoms with E-state index in [1.54, 1.807) is 13.0 Å². The summed E-state index contributed by atoms with van der Waals surface area (Å²) in [5.41, 5.74) is 0.452. The van der Waals surface area contributed by atoms with E-state index in [0.29, 0.717) is 5.56 Å². The van der Waals surface area contributed by atoms with Gasteiger partial charge in [-0.1, -0.05) is 28.1 Å². The Kier molecular flexibility index (Phi) is 4.44. The van der Waals surface area contributed by atoms with Gasteiger partial charge in [-0.25, -0.2) is 0 Å². The first-order chi connectivity index (χ1) is 7.49. The van der Waals surface area contributed by atoms with Crippen LogP contribution in [-0.2, 0) is 5.88 Å². The molecule has 86 valence electrons. The maximum Gasteiger partial charge on any atom is 0.274 e. The SMILES string of the molecule is CC(Br)C(=O)c1cccc([N+](=O)[O-])c1CCl. The molecule has 0 fully saturated rings. The zero-order valence-electron chi connectivity index (χ0n) is 8.44. The van der Waals surface area contributed by atoms with Gasteiger partial charge >= 0.3 is 0 Å². The van der Waals surface area contributed by atoms with E-state index in [1.165, 1.54) is 12.1 Å². The number of nitro groups is 1. The number of hydrogen-bond acceptors (Lipinski definition) is 3. The second-order valence-corrected chi connectivity index (χ2v) is 4.82. The monoisotopic (exact) mass is 305 g/mol. The van der Waals surface area contributed by atoms with Crippen LogP contribution in [0.4, 0.5) is 5.69 Å². The van der Waals surface area contributed by atoms with Crippen LogP contribution >= 0.6 is 27.5 Å². The van der Waals surface area contributed by atoms with Crippen LogP contribution in [0.3, 0.4) is 0 Å². The minimum atomic E-state index is -0.534. The van der Waals surface area contributed by atoms with E-state index in [2.05, 4.69) is 15.9 Å². The first-order valence-electron chi connectivity index (χ1n) is 4.49. The standard InChI is InChI=1S/C10H9BrClNO3/c1-6(11)10(14)7-3-2-4-9(13(15)16)8(7)5-12/h2-4,6H,5H2,1H3. The van der Waals surface area contributed by atoms with Gasteiger partial charge in [-0.15, -0.1) is 11.6 Å². The van der Waals surface area contributed by atoms with E-state index in [9.17, 15) is 14.9 Å². The summed E-state index contributed by atoms with van der Waals surface area (Å²) < 4.78 is 0. The molecule has 0 aromatic heterocycles. The largest absolute Gasteiger partial charge is 0.293 e. The molecule has 0 amide bonds. The van der Waals surface area contributed by atoms with Crippen LogP contribution in [0.25, 0.3) is 0 Å². The highest BCUT2D eigenvalue weighted by Crippen LogP contribution is 2.26. The van der Waals surface area contributed by atoms with Gasteiger partial charge in [0, 0.05) is 11.6 Å². The van der Waals surface area contributed by atoms with Crippen LogP contribution in [-0.4, -0.2) is 15.5 Å². The summed E-state index contributed by atoms with van der Waals surface area (Å²) in [6, 6.07) is 4.37. The Hall–Kier alpha value is -0.940. The van der Waals surface area contributed by atoms with E-state index < -0.39 is 9.75 Å². The Morgan fingerprint density at radius 2 is 2.25 bits per heavy atom. The Morgan fingerprint density at radius 1 is 1.62 bits per heavy atom. The predicted octanol–water partition coefficient (Wildman–Crippen LogP) is 3.30. The number of ketones is 1. The lowest BCUT2D eigenvalue weighted by molar-refractivity contribution is -0.385. The highest BCUT2D eigenvalue weighted by Gasteiger charge is 2.22. The van der Waals surface area contributed by atoms with Crippen LogP contribution in [0, 0.1) is 10.1 Å². The van der Waals surface area contributed by atoms with Gasteiger partial charge in [0.2, 0.25) is 0 Å². The number of hydrogen-bond donors (Lipinski definition) is 0. The quantitative estimate of drug-likeness (QED) is 0.371. The highest BCUT2D eigenvalue weighted by atomic mass is 79.9. The molecule has 1 atom stereocenters. The van der Waals surface area contributed by atoms with Gasteiger partial charge in [0.15, 0.2) is 5.78 Å². The summed E-state index contributed by atoms with van der Waals surface area (Å²) in [6.07, 6.45) is 0. The zero-order chi connectivity index (χ0) is 12.3. The van der Waals surface area contributed by atoms with Crippen LogP contribution in [0.2, 0.25) is 0 Å². The third-order valence-corrected chi connectivity index (χ3v) is 2.79. The molecule has 0 N–H and O–H groups in total. The minimum absolute atomic E-state index is 0.0576.